The third-order valence-electron chi connectivity index (χ3n) is 2.72. The smallest absolute Gasteiger partial charge is 0.152 e. The number of nitrogens with two attached hydrogens (primary N) is 1. The molecule has 19 heavy (non-hydrogen) atoms. The summed E-state index contributed by atoms with van der Waals surface area (Å²) in [4.78, 5) is 0. The summed E-state index contributed by atoms with van der Waals surface area (Å²) in [5.74, 6) is -2.75. The number of nitrogen functional groups attached to an aromatic ring is 1. The van der Waals surface area contributed by atoms with Crippen LogP contribution in [0.5, 0.6) is 0 Å². The normalized spacial score (nSPS) is 10.8. The number of hydrogen-bond acceptors (Lipinski definition) is 3. The van der Waals surface area contributed by atoms with Gasteiger partial charge in [0, 0.05) is 18.7 Å². The van der Waals surface area contributed by atoms with Crippen LogP contribution in [-0.4, -0.2) is 9.78 Å². The molecule has 7 heteroatoms. The van der Waals surface area contributed by atoms with Gasteiger partial charge < -0.3 is 11.1 Å². The molecular weight excluding hydrogens is 257 g/mol. The van der Waals surface area contributed by atoms with Crippen LogP contribution in [0.2, 0.25) is 0 Å². The van der Waals surface area contributed by atoms with Crippen LogP contribution < -0.4 is 11.1 Å². The lowest BCUT2D eigenvalue weighted by molar-refractivity contribution is 0.548. The Morgan fingerprint density at radius 3 is 2.37 bits per heavy atom. The molecule has 0 aliphatic rings. The molecule has 0 aliphatic carbocycles. The van der Waals surface area contributed by atoms with E-state index in [0.717, 1.165) is 0 Å². The first-order valence-electron chi connectivity index (χ1n) is 5.68. The number of rotatable bonds is 3. The molecule has 0 saturated carbocycles. The molecule has 0 saturated heterocycles. The molecule has 2 rings (SSSR count). The fraction of sp³-hybridized carbons (Fsp3) is 0.250. The van der Waals surface area contributed by atoms with Crippen molar-refractivity contribution in [2.45, 2.75) is 20.4 Å². The number of nitrogens with zero attached hydrogens (tertiary/aromatic N) is 2. The van der Waals surface area contributed by atoms with Crippen LogP contribution in [0.4, 0.5) is 30.4 Å². The molecule has 0 bridgehead atoms. The van der Waals surface area contributed by atoms with Crippen molar-refractivity contribution in [3.8, 4) is 0 Å². The van der Waals surface area contributed by atoms with Gasteiger partial charge in [0.2, 0.25) is 0 Å². The minimum atomic E-state index is -1.03. The summed E-state index contributed by atoms with van der Waals surface area (Å²) >= 11 is 0. The van der Waals surface area contributed by atoms with Crippen LogP contribution in [0.25, 0.3) is 0 Å². The zero-order valence-electron chi connectivity index (χ0n) is 10.5. The van der Waals surface area contributed by atoms with Gasteiger partial charge in [-0.05, 0) is 13.8 Å². The first kappa shape index (κ1) is 13.3. The largest absolute Gasteiger partial charge is 0.394 e. The quantitative estimate of drug-likeness (QED) is 0.901. The molecule has 0 radical (unpaired) electrons. The predicted octanol–water partition coefficient (Wildman–Crippen LogP) is 2.95. The van der Waals surface area contributed by atoms with Crippen molar-refractivity contribution >= 4 is 17.2 Å². The highest BCUT2D eigenvalue weighted by atomic mass is 19.1. The van der Waals surface area contributed by atoms with Crippen LogP contribution in [0.1, 0.15) is 12.6 Å². The fourth-order valence-corrected chi connectivity index (χ4v) is 1.74. The van der Waals surface area contributed by atoms with Crippen LogP contribution in [-0.2, 0) is 6.54 Å². The topological polar surface area (TPSA) is 55.9 Å². The standard InChI is InChI=1S/C12H13F3N4/c1-3-19-12(10(16)6(2)18-19)17-11-8(14)4-7(13)5-9(11)15/h4-5,17H,3,16H2,1-2H3. The Morgan fingerprint density at radius 2 is 1.84 bits per heavy atom. The highest BCUT2D eigenvalue weighted by molar-refractivity contribution is 5.71. The second-order valence-corrected chi connectivity index (χ2v) is 4.03. The number of hydrogen-bond donors (Lipinski definition) is 2. The zero-order valence-corrected chi connectivity index (χ0v) is 10.5. The summed E-state index contributed by atoms with van der Waals surface area (Å²) in [6, 6.07) is 1.20. The van der Waals surface area contributed by atoms with E-state index in [1.165, 1.54) is 4.68 Å². The van der Waals surface area contributed by atoms with E-state index >= 15 is 0 Å². The molecule has 4 nitrogen and oxygen atoms in total. The lowest BCUT2D eigenvalue weighted by atomic mass is 10.2. The lowest BCUT2D eigenvalue weighted by Crippen LogP contribution is -2.07. The summed E-state index contributed by atoms with van der Waals surface area (Å²) in [7, 11) is 0. The van der Waals surface area contributed by atoms with E-state index in [4.69, 9.17) is 5.73 Å². The summed E-state index contributed by atoms with van der Waals surface area (Å²) < 4.78 is 41.4. The van der Waals surface area contributed by atoms with Crippen LogP contribution in [0, 0.1) is 24.4 Å². The van der Waals surface area contributed by atoms with Crippen molar-refractivity contribution in [3.05, 3.63) is 35.3 Å². The monoisotopic (exact) mass is 270 g/mol. The van der Waals surface area contributed by atoms with Gasteiger partial charge in [0.25, 0.3) is 0 Å². The van der Waals surface area contributed by atoms with Gasteiger partial charge in [0.1, 0.15) is 11.5 Å². The minimum Gasteiger partial charge on any atom is -0.394 e. The number of benzene rings is 1. The van der Waals surface area contributed by atoms with Crippen LogP contribution in [0.3, 0.4) is 0 Å². The first-order valence-corrected chi connectivity index (χ1v) is 5.68. The average Bonchev–Trinajstić information content (AvgIpc) is 2.60. The van der Waals surface area contributed by atoms with E-state index in [1.807, 2.05) is 6.92 Å². The molecule has 1 aromatic heterocycles. The number of halogens is 3. The molecule has 102 valence electrons. The van der Waals surface area contributed by atoms with E-state index in [1.54, 1.807) is 6.92 Å². The van der Waals surface area contributed by atoms with Gasteiger partial charge in [-0.1, -0.05) is 0 Å². The second-order valence-electron chi connectivity index (χ2n) is 4.03. The summed E-state index contributed by atoms with van der Waals surface area (Å²) in [6.07, 6.45) is 0. The van der Waals surface area contributed by atoms with Crippen molar-refractivity contribution < 1.29 is 13.2 Å². The molecule has 0 fully saturated rings. The fourth-order valence-electron chi connectivity index (χ4n) is 1.74. The van der Waals surface area contributed by atoms with Gasteiger partial charge in [-0.2, -0.15) is 5.10 Å². The number of anilines is 3. The van der Waals surface area contributed by atoms with Gasteiger partial charge in [-0.15, -0.1) is 0 Å². The summed E-state index contributed by atoms with van der Waals surface area (Å²) in [6.45, 7) is 3.98. The number of aromatic nitrogens is 2. The van der Waals surface area contributed by atoms with Crippen molar-refractivity contribution in [2.75, 3.05) is 11.1 Å². The van der Waals surface area contributed by atoms with Gasteiger partial charge >= 0.3 is 0 Å². The maximum atomic E-state index is 13.6. The SMILES string of the molecule is CCn1nc(C)c(N)c1Nc1c(F)cc(F)cc1F. The highest BCUT2D eigenvalue weighted by Crippen LogP contribution is 2.29. The maximum absolute atomic E-state index is 13.6. The minimum absolute atomic E-state index is 0.282. The van der Waals surface area contributed by atoms with Crippen LogP contribution >= 0.6 is 0 Å². The molecule has 0 spiro atoms. The Hall–Kier alpha value is -2.18. The van der Waals surface area contributed by atoms with Gasteiger partial charge in [-0.3, -0.25) is 0 Å². The summed E-state index contributed by atoms with van der Waals surface area (Å²) in [5, 5.41) is 6.65. The van der Waals surface area contributed by atoms with Gasteiger partial charge in [0.15, 0.2) is 17.5 Å². The predicted molar refractivity (Wildman–Crippen MR) is 66.6 cm³/mol. The summed E-state index contributed by atoms with van der Waals surface area (Å²) in [5.41, 5.74) is 6.18. The Morgan fingerprint density at radius 1 is 1.26 bits per heavy atom. The molecule has 0 unspecified atom stereocenters. The van der Waals surface area contributed by atoms with Crippen molar-refractivity contribution in [1.29, 1.82) is 0 Å². The van der Waals surface area contributed by atoms with E-state index in [2.05, 4.69) is 10.4 Å². The van der Waals surface area contributed by atoms with E-state index in [-0.39, 0.29) is 5.82 Å². The molecule has 0 aliphatic heterocycles. The third kappa shape index (κ3) is 2.35. The molecular formula is C12H13F3N4. The Labute approximate surface area is 108 Å². The molecule has 1 aromatic carbocycles. The molecule has 0 amide bonds. The number of aryl methyl sites for hydroxylation is 2. The molecule has 3 N–H and O–H groups in total. The van der Waals surface area contributed by atoms with E-state index in [0.29, 0.717) is 30.1 Å². The third-order valence-corrected chi connectivity index (χ3v) is 2.72. The maximum Gasteiger partial charge on any atom is 0.152 e. The number of nitrogens with one attached hydrogen (secondary N) is 1. The molecule has 0 atom stereocenters. The second kappa shape index (κ2) is 4.83. The highest BCUT2D eigenvalue weighted by Gasteiger charge is 2.17. The first-order chi connectivity index (χ1) is 8.93. The van der Waals surface area contributed by atoms with Crippen molar-refractivity contribution in [3.63, 3.8) is 0 Å². The van der Waals surface area contributed by atoms with Crippen molar-refractivity contribution in [2.24, 2.45) is 0 Å². The van der Waals surface area contributed by atoms with Gasteiger partial charge in [0.05, 0.1) is 11.4 Å². The zero-order chi connectivity index (χ0) is 14.2. The Balaban J connectivity index is 2.47. The molecule has 2 aromatic rings. The van der Waals surface area contributed by atoms with E-state index < -0.39 is 23.1 Å². The molecule has 1 heterocycles. The van der Waals surface area contributed by atoms with Gasteiger partial charge in [-0.25, -0.2) is 17.9 Å². The average molecular weight is 270 g/mol. The Bertz CT molecular complexity index is 599. The van der Waals surface area contributed by atoms with Crippen LogP contribution in [0.15, 0.2) is 12.1 Å². The Kier molecular flexibility index (Phi) is 3.37. The van der Waals surface area contributed by atoms with Crippen molar-refractivity contribution in [1.82, 2.24) is 9.78 Å². The lowest BCUT2D eigenvalue weighted by Gasteiger charge is -2.11. The van der Waals surface area contributed by atoms with E-state index in [9.17, 15) is 13.2 Å².